The van der Waals surface area contributed by atoms with E-state index >= 15 is 0 Å². The van der Waals surface area contributed by atoms with E-state index in [0.29, 0.717) is 43.6 Å². The molecule has 2 atom stereocenters. The van der Waals surface area contributed by atoms with E-state index in [4.69, 9.17) is 9.47 Å². The highest BCUT2D eigenvalue weighted by Gasteiger charge is 2.38. The number of aliphatic hydroxyl groups is 1. The first kappa shape index (κ1) is 24.7. The lowest BCUT2D eigenvalue weighted by molar-refractivity contribution is 0.0495. The number of benzene rings is 2. The fraction of sp³-hybridized carbons (Fsp3) is 0.500. The molecule has 0 spiro atoms. The maximum absolute atomic E-state index is 13.8. The second kappa shape index (κ2) is 10.1. The van der Waals surface area contributed by atoms with Crippen LogP contribution in [-0.4, -0.2) is 51.3 Å². The first-order valence-corrected chi connectivity index (χ1v) is 13.4. The van der Waals surface area contributed by atoms with Gasteiger partial charge in [-0.2, -0.15) is 0 Å². The van der Waals surface area contributed by atoms with Gasteiger partial charge in [0.05, 0.1) is 34.9 Å². The van der Waals surface area contributed by atoms with Crippen molar-refractivity contribution in [3.05, 3.63) is 53.1 Å². The highest BCUT2D eigenvalue weighted by Crippen LogP contribution is 2.37. The van der Waals surface area contributed by atoms with Crippen LogP contribution >= 0.6 is 0 Å². The van der Waals surface area contributed by atoms with E-state index in [1.165, 1.54) is 23.4 Å². The molecule has 7 nitrogen and oxygen atoms in total. The molecule has 1 fully saturated rings. The molecule has 1 saturated heterocycles. The molecule has 0 unspecified atom stereocenters. The van der Waals surface area contributed by atoms with Crippen molar-refractivity contribution in [1.82, 2.24) is 0 Å². The standard InChI is InChI=1S/C26H33NO6S/c1-4-19-5-7-24-21(13-19)14-25(29)17(2)27(24)34(30,31)22-6-8-26(23(15-22)18(3)28)33-16-20-9-11-32-12-10-20/h5-8,13,15,17,20,25,29H,4,9-12,14,16H2,1-3H3/t17-,25+/m0/s1. The normalized spacial score (nSPS) is 21.2. The van der Waals surface area contributed by atoms with Crippen LogP contribution in [0.5, 0.6) is 5.75 Å². The van der Waals surface area contributed by atoms with Crippen LogP contribution in [0.1, 0.15) is 55.1 Å². The van der Waals surface area contributed by atoms with Crippen molar-refractivity contribution >= 4 is 21.5 Å². The number of aliphatic hydroxyl groups excluding tert-OH is 1. The van der Waals surface area contributed by atoms with Gasteiger partial charge in [-0.25, -0.2) is 8.42 Å². The molecule has 0 saturated carbocycles. The SMILES string of the molecule is CCc1ccc2c(c1)C[C@@H](O)[C@H](C)N2S(=O)(=O)c1ccc(OCC2CCOCC2)c(C(C)=O)c1. The van der Waals surface area contributed by atoms with Crippen molar-refractivity contribution in [2.45, 2.75) is 63.5 Å². The predicted molar refractivity (Wildman–Crippen MR) is 130 cm³/mol. The van der Waals surface area contributed by atoms with Gasteiger partial charge in [-0.05, 0) is 74.4 Å². The van der Waals surface area contributed by atoms with E-state index < -0.39 is 22.2 Å². The molecule has 0 bridgehead atoms. The zero-order chi connectivity index (χ0) is 24.5. The number of carbonyl (C=O) groups is 1. The lowest BCUT2D eigenvalue weighted by Crippen LogP contribution is -2.49. The summed E-state index contributed by atoms with van der Waals surface area (Å²) >= 11 is 0. The molecule has 0 amide bonds. The molecule has 2 aromatic rings. The third kappa shape index (κ3) is 4.85. The van der Waals surface area contributed by atoms with Crippen molar-refractivity contribution in [2.75, 3.05) is 24.1 Å². The van der Waals surface area contributed by atoms with E-state index in [-0.39, 0.29) is 16.2 Å². The number of sulfonamides is 1. The minimum atomic E-state index is -4.04. The number of Topliss-reactive ketones (excluding diaryl/α,β-unsaturated/α-hetero) is 1. The molecule has 0 radical (unpaired) electrons. The lowest BCUT2D eigenvalue weighted by Gasteiger charge is -2.39. The van der Waals surface area contributed by atoms with Gasteiger partial charge in [0.1, 0.15) is 5.75 Å². The van der Waals surface area contributed by atoms with Crippen LogP contribution in [0.25, 0.3) is 0 Å². The van der Waals surface area contributed by atoms with Gasteiger partial charge < -0.3 is 14.6 Å². The van der Waals surface area contributed by atoms with Crippen LogP contribution in [0.3, 0.4) is 0 Å². The Morgan fingerprint density at radius 3 is 2.59 bits per heavy atom. The smallest absolute Gasteiger partial charge is 0.264 e. The summed E-state index contributed by atoms with van der Waals surface area (Å²) in [4.78, 5) is 12.4. The Hall–Kier alpha value is -2.42. The summed E-state index contributed by atoms with van der Waals surface area (Å²) in [7, 11) is -4.04. The van der Waals surface area contributed by atoms with Gasteiger partial charge in [-0.1, -0.05) is 19.1 Å². The van der Waals surface area contributed by atoms with Crippen LogP contribution in [-0.2, 0) is 27.6 Å². The fourth-order valence-corrected chi connectivity index (χ4v) is 6.41. The molecule has 2 aliphatic rings. The predicted octanol–water partition coefficient (Wildman–Crippen LogP) is 3.76. The Balaban J connectivity index is 1.68. The summed E-state index contributed by atoms with van der Waals surface area (Å²) in [5.41, 5.74) is 2.69. The highest BCUT2D eigenvalue weighted by atomic mass is 32.2. The number of nitrogens with zero attached hydrogens (tertiary/aromatic N) is 1. The Labute approximate surface area is 201 Å². The average Bonchev–Trinajstić information content (AvgIpc) is 2.83. The molecule has 184 valence electrons. The molecule has 8 heteroatoms. The second-order valence-corrected chi connectivity index (χ2v) is 11.0. The van der Waals surface area contributed by atoms with Gasteiger partial charge in [0.2, 0.25) is 0 Å². The fourth-order valence-electron chi connectivity index (χ4n) is 4.66. The molecular weight excluding hydrogens is 454 g/mol. The summed E-state index contributed by atoms with van der Waals surface area (Å²) in [6.45, 7) is 7.00. The Kier molecular flexibility index (Phi) is 7.31. The number of rotatable bonds is 7. The molecule has 0 aromatic heterocycles. The van der Waals surface area contributed by atoms with Crippen molar-refractivity contribution in [3.63, 3.8) is 0 Å². The quantitative estimate of drug-likeness (QED) is 0.598. The third-order valence-corrected chi connectivity index (χ3v) is 8.74. The average molecular weight is 488 g/mol. The lowest BCUT2D eigenvalue weighted by atomic mass is 9.94. The molecule has 2 aliphatic heterocycles. The number of hydrogen-bond donors (Lipinski definition) is 1. The van der Waals surface area contributed by atoms with Crippen molar-refractivity contribution in [3.8, 4) is 5.75 Å². The van der Waals surface area contributed by atoms with Crippen molar-refractivity contribution in [2.24, 2.45) is 5.92 Å². The minimum Gasteiger partial charge on any atom is -0.493 e. The van der Waals surface area contributed by atoms with Gasteiger partial charge in [-0.3, -0.25) is 9.10 Å². The summed E-state index contributed by atoms with van der Waals surface area (Å²) < 4.78 is 40.2. The summed E-state index contributed by atoms with van der Waals surface area (Å²) in [5, 5.41) is 10.7. The first-order chi connectivity index (χ1) is 16.2. The largest absolute Gasteiger partial charge is 0.493 e. The van der Waals surface area contributed by atoms with Gasteiger partial charge >= 0.3 is 0 Å². The number of ketones is 1. The molecule has 1 N–H and O–H groups in total. The van der Waals surface area contributed by atoms with Gasteiger partial charge in [0, 0.05) is 19.6 Å². The highest BCUT2D eigenvalue weighted by molar-refractivity contribution is 7.92. The molecule has 2 aromatic carbocycles. The number of fused-ring (bicyclic) bond motifs is 1. The minimum absolute atomic E-state index is 0.00239. The number of ether oxygens (including phenoxy) is 2. The second-order valence-electron chi connectivity index (χ2n) is 9.21. The summed E-state index contributed by atoms with van der Waals surface area (Å²) in [5.74, 6) is 0.466. The van der Waals surface area contributed by atoms with Crippen LogP contribution < -0.4 is 9.04 Å². The van der Waals surface area contributed by atoms with Crippen molar-refractivity contribution in [1.29, 1.82) is 0 Å². The number of carbonyl (C=O) groups excluding carboxylic acids is 1. The Morgan fingerprint density at radius 2 is 1.91 bits per heavy atom. The third-order valence-electron chi connectivity index (χ3n) is 6.85. The van der Waals surface area contributed by atoms with Crippen molar-refractivity contribution < 1.29 is 27.8 Å². The van der Waals surface area contributed by atoms with E-state index in [0.717, 1.165) is 30.4 Å². The number of anilines is 1. The van der Waals surface area contributed by atoms with E-state index in [2.05, 4.69) is 0 Å². The zero-order valence-electron chi connectivity index (χ0n) is 20.0. The molecule has 0 aliphatic carbocycles. The zero-order valence-corrected chi connectivity index (χ0v) is 20.8. The Bertz CT molecular complexity index is 1160. The molecular formula is C26H33NO6S. The Morgan fingerprint density at radius 1 is 1.18 bits per heavy atom. The molecule has 34 heavy (non-hydrogen) atoms. The van der Waals surface area contributed by atoms with E-state index in [9.17, 15) is 18.3 Å². The maximum atomic E-state index is 13.8. The first-order valence-electron chi connectivity index (χ1n) is 11.9. The van der Waals surface area contributed by atoms with Gasteiger partial charge in [-0.15, -0.1) is 0 Å². The van der Waals surface area contributed by atoms with Crippen LogP contribution in [0.4, 0.5) is 5.69 Å². The number of hydrogen-bond acceptors (Lipinski definition) is 6. The van der Waals surface area contributed by atoms with Gasteiger partial charge in [0.15, 0.2) is 5.78 Å². The maximum Gasteiger partial charge on any atom is 0.264 e. The van der Waals surface area contributed by atoms with Crippen LogP contribution in [0.2, 0.25) is 0 Å². The van der Waals surface area contributed by atoms with Crippen LogP contribution in [0.15, 0.2) is 41.3 Å². The van der Waals surface area contributed by atoms with Gasteiger partial charge in [0.25, 0.3) is 10.0 Å². The summed E-state index contributed by atoms with van der Waals surface area (Å²) in [6, 6.07) is 9.48. The topological polar surface area (TPSA) is 93.1 Å². The van der Waals surface area contributed by atoms with E-state index in [1.807, 2.05) is 25.1 Å². The van der Waals surface area contributed by atoms with E-state index in [1.54, 1.807) is 13.0 Å². The summed E-state index contributed by atoms with van der Waals surface area (Å²) in [6.07, 6.45) is 2.19. The monoisotopic (exact) mass is 487 g/mol. The molecule has 2 heterocycles. The van der Waals surface area contributed by atoms with Crippen LogP contribution in [0, 0.1) is 5.92 Å². The number of aryl methyl sites for hydroxylation is 1. The molecule has 4 rings (SSSR count).